The van der Waals surface area contributed by atoms with Crippen molar-refractivity contribution in [1.29, 1.82) is 0 Å². The minimum atomic E-state index is -3.96. The molecule has 3 aromatic carbocycles. The van der Waals surface area contributed by atoms with Crippen LogP contribution in [0, 0.1) is 10.1 Å². The van der Waals surface area contributed by atoms with E-state index in [9.17, 15) is 29.4 Å². The molecule has 12 heteroatoms. The number of benzene rings is 3. The number of hydrogen-bond donors (Lipinski definition) is 1. The first-order chi connectivity index (χ1) is 18.3. The predicted octanol–water partition coefficient (Wildman–Crippen LogP) is 4.86. The van der Waals surface area contributed by atoms with Gasteiger partial charge in [0.05, 0.1) is 10.6 Å². The Morgan fingerprint density at radius 2 is 1.63 bits per heavy atom. The summed E-state index contributed by atoms with van der Waals surface area (Å²) in [5.74, 6) is -1.11. The van der Waals surface area contributed by atoms with Gasteiger partial charge < -0.3 is 14.2 Å². The van der Waals surface area contributed by atoms with Gasteiger partial charge in [-0.05, 0) is 48.2 Å². The Bertz CT molecular complexity index is 1260. The molecule has 38 heavy (non-hydrogen) atoms. The smallest absolute Gasteiger partial charge is 0.382 e. The van der Waals surface area contributed by atoms with Gasteiger partial charge >= 0.3 is 13.6 Å². The number of carboxylic acids is 1. The van der Waals surface area contributed by atoms with E-state index >= 15 is 0 Å². The molecule has 3 unspecified atom stereocenters. The van der Waals surface area contributed by atoms with Gasteiger partial charge in [-0.3, -0.25) is 19.7 Å². The van der Waals surface area contributed by atoms with Crippen LogP contribution in [0.2, 0.25) is 0 Å². The van der Waals surface area contributed by atoms with Crippen LogP contribution in [0.5, 0.6) is 5.75 Å². The Labute approximate surface area is 219 Å². The Morgan fingerprint density at radius 1 is 1.03 bits per heavy atom. The summed E-state index contributed by atoms with van der Waals surface area (Å²) in [5, 5.41) is 21.5. The molecule has 3 atom stereocenters. The standard InChI is InChI=1S/C26H27N2O9P/c1-35-38(34,37-23-10-6-3-7-11-23)24(16-20-8-4-2-5-9-20)17-25(26(30)31)27(19-29)36-18-21-12-14-22(15-13-21)28(32)33/h2-15,19,24-25H,16-18H2,1H3,(H,30,31). The van der Waals surface area contributed by atoms with Crippen LogP contribution in [0.15, 0.2) is 84.9 Å². The Hall–Kier alpha value is -4.05. The monoisotopic (exact) mass is 542 g/mol. The zero-order chi connectivity index (χ0) is 27.5. The van der Waals surface area contributed by atoms with Crippen molar-refractivity contribution in [2.24, 2.45) is 0 Å². The molecule has 1 N–H and O–H groups in total. The average Bonchev–Trinajstić information content (AvgIpc) is 2.93. The highest BCUT2D eigenvalue weighted by atomic mass is 31.2. The number of carbonyl (C=O) groups is 2. The average molecular weight is 542 g/mol. The maximum Gasteiger partial charge on any atom is 0.382 e. The van der Waals surface area contributed by atoms with Crippen molar-refractivity contribution < 1.29 is 38.1 Å². The van der Waals surface area contributed by atoms with Gasteiger partial charge in [0.15, 0.2) is 6.04 Å². The van der Waals surface area contributed by atoms with Crippen LogP contribution in [0.25, 0.3) is 0 Å². The van der Waals surface area contributed by atoms with Gasteiger partial charge in [0.25, 0.3) is 5.69 Å². The highest BCUT2D eigenvalue weighted by molar-refractivity contribution is 7.55. The maximum atomic E-state index is 14.0. The molecule has 0 spiro atoms. The molecule has 0 aliphatic rings. The number of para-hydroxylation sites is 1. The number of hydroxylamine groups is 2. The SMILES string of the molecule is COP(=O)(Oc1ccccc1)C(Cc1ccccc1)CC(C(=O)O)N(C=O)OCc1ccc([N+](=O)[O-])cc1. The van der Waals surface area contributed by atoms with Crippen LogP contribution in [0.4, 0.5) is 5.69 Å². The van der Waals surface area contributed by atoms with Gasteiger partial charge in [-0.1, -0.05) is 48.5 Å². The van der Waals surface area contributed by atoms with Gasteiger partial charge in [-0.2, -0.15) is 0 Å². The number of non-ortho nitro benzene ring substituents is 1. The third-order valence-electron chi connectivity index (χ3n) is 5.71. The number of nitro groups is 1. The molecule has 0 fully saturated rings. The minimum absolute atomic E-state index is 0.123. The molecular formula is C26H27N2O9P. The molecule has 3 rings (SSSR count). The zero-order valence-electron chi connectivity index (χ0n) is 20.5. The van der Waals surface area contributed by atoms with Crippen LogP contribution < -0.4 is 4.52 Å². The lowest BCUT2D eigenvalue weighted by Gasteiger charge is -2.31. The van der Waals surface area contributed by atoms with E-state index in [1.807, 2.05) is 6.07 Å². The number of nitrogens with zero attached hydrogens (tertiary/aromatic N) is 2. The number of nitro benzene ring substituents is 1. The van der Waals surface area contributed by atoms with E-state index < -0.39 is 30.2 Å². The normalized spacial score (nSPS) is 14.0. The summed E-state index contributed by atoms with van der Waals surface area (Å²) in [6.45, 7) is -0.230. The number of aliphatic carboxylic acids is 1. The molecule has 11 nitrogen and oxygen atoms in total. The van der Waals surface area contributed by atoms with Crippen molar-refractivity contribution in [3.8, 4) is 5.75 Å². The highest BCUT2D eigenvalue weighted by Gasteiger charge is 2.41. The molecule has 0 heterocycles. The molecule has 1 amide bonds. The van der Waals surface area contributed by atoms with Crippen molar-refractivity contribution in [3.05, 3.63) is 106 Å². The lowest BCUT2D eigenvalue weighted by atomic mass is 10.0. The van der Waals surface area contributed by atoms with Crippen LogP contribution in [0.3, 0.4) is 0 Å². The predicted molar refractivity (Wildman–Crippen MR) is 137 cm³/mol. The van der Waals surface area contributed by atoms with Crippen molar-refractivity contribution in [2.45, 2.75) is 31.1 Å². The number of carboxylic acid groups (broad SMARTS) is 1. The van der Waals surface area contributed by atoms with Crippen molar-refractivity contribution in [1.82, 2.24) is 5.06 Å². The van der Waals surface area contributed by atoms with E-state index in [0.717, 1.165) is 5.56 Å². The van der Waals surface area contributed by atoms with E-state index in [-0.39, 0.29) is 37.3 Å². The number of carbonyl (C=O) groups excluding carboxylic acids is 1. The fourth-order valence-corrected chi connectivity index (χ4v) is 5.56. The molecule has 0 aliphatic heterocycles. The molecule has 0 bridgehead atoms. The van der Waals surface area contributed by atoms with Crippen LogP contribution in [-0.4, -0.2) is 46.3 Å². The minimum Gasteiger partial charge on any atom is -0.480 e. The molecule has 3 aromatic rings. The first kappa shape index (κ1) is 28.5. The molecule has 0 aliphatic carbocycles. The van der Waals surface area contributed by atoms with E-state index in [1.165, 1.54) is 31.4 Å². The number of hydrogen-bond acceptors (Lipinski definition) is 8. The molecule has 0 saturated heterocycles. The maximum absolute atomic E-state index is 14.0. The third kappa shape index (κ3) is 7.72. The lowest BCUT2D eigenvalue weighted by Crippen LogP contribution is -2.43. The Morgan fingerprint density at radius 3 is 2.16 bits per heavy atom. The van der Waals surface area contributed by atoms with Crippen LogP contribution in [0.1, 0.15) is 17.5 Å². The lowest BCUT2D eigenvalue weighted by molar-refractivity contribution is -0.384. The second-order valence-electron chi connectivity index (χ2n) is 8.22. The van der Waals surface area contributed by atoms with E-state index in [4.69, 9.17) is 13.9 Å². The van der Waals surface area contributed by atoms with Gasteiger partial charge in [-0.25, -0.2) is 14.4 Å². The fourth-order valence-electron chi connectivity index (χ4n) is 3.73. The second kappa shape index (κ2) is 13.5. The highest BCUT2D eigenvalue weighted by Crippen LogP contribution is 2.55. The number of amides is 1. The quantitative estimate of drug-likeness (QED) is 0.123. The van der Waals surface area contributed by atoms with Gasteiger partial charge in [0.2, 0.25) is 6.41 Å². The molecule has 200 valence electrons. The Balaban J connectivity index is 1.85. The largest absolute Gasteiger partial charge is 0.480 e. The van der Waals surface area contributed by atoms with Crippen LogP contribution in [-0.2, 0) is 36.5 Å². The Kier molecular flexibility index (Phi) is 10.1. The third-order valence-corrected chi connectivity index (χ3v) is 7.97. The van der Waals surface area contributed by atoms with E-state index in [1.54, 1.807) is 54.6 Å². The second-order valence-corrected chi connectivity index (χ2v) is 10.6. The van der Waals surface area contributed by atoms with Crippen molar-refractivity contribution in [2.75, 3.05) is 7.11 Å². The summed E-state index contributed by atoms with van der Waals surface area (Å²) in [4.78, 5) is 39.9. The van der Waals surface area contributed by atoms with Crippen molar-refractivity contribution >= 4 is 25.7 Å². The van der Waals surface area contributed by atoms with E-state index in [0.29, 0.717) is 10.6 Å². The van der Waals surface area contributed by atoms with Crippen LogP contribution >= 0.6 is 7.60 Å². The zero-order valence-corrected chi connectivity index (χ0v) is 21.4. The summed E-state index contributed by atoms with van der Waals surface area (Å²) < 4.78 is 25.1. The molecular weight excluding hydrogens is 515 g/mol. The van der Waals surface area contributed by atoms with Crippen molar-refractivity contribution in [3.63, 3.8) is 0 Å². The molecule has 0 saturated carbocycles. The summed E-state index contributed by atoms with van der Waals surface area (Å²) in [6.07, 6.45) is 0.0400. The summed E-state index contributed by atoms with van der Waals surface area (Å²) >= 11 is 0. The molecule has 0 radical (unpaired) electrons. The van der Waals surface area contributed by atoms with Gasteiger partial charge in [-0.15, -0.1) is 0 Å². The summed E-state index contributed by atoms with van der Waals surface area (Å²) in [7, 11) is -2.74. The van der Waals surface area contributed by atoms with Gasteiger partial charge in [0.1, 0.15) is 12.4 Å². The first-order valence-electron chi connectivity index (χ1n) is 11.5. The van der Waals surface area contributed by atoms with E-state index in [2.05, 4.69) is 0 Å². The number of rotatable bonds is 15. The topological polar surface area (TPSA) is 146 Å². The summed E-state index contributed by atoms with van der Waals surface area (Å²) in [6, 6.07) is 21.2. The van der Waals surface area contributed by atoms with Gasteiger partial charge in [0, 0.05) is 19.2 Å². The first-order valence-corrected chi connectivity index (χ1v) is 13.1. The fraction of sp³-hybridized carbons (Fsp3) is 0.231. The molecule has 0 aromatic heterocycles. The summed E-state index contributed by atoms with van der Waals surface area (Å²) in [5.41, 5.74) is 0.144.